The fourth-order valence-electron chi connectivity index (χ4n) is 0.386. The van der Waals surface area contributed by atoms with E-state index in [1.165, 1.54) is 0 Å². The highest BCUT2D eigenvalue weighted by Crippen LogP contribution is 1.90. The third-order valence-electron chi connectivity index (χ3n) is 0.712. The molecule has 0 fully saturated rings. The highest BCUT2D eigenvalue weighted by atomic mass is 14.6. The first-order valence-electron chi connectivity index (χ1n) is 2.49. The van der Waals surface area contributed by atoms with E-state index in [1.54, 1.807) is 18.2 Å². The zero-order valence-corrected chi connectivity index (χ0v) is 4.93. The largest absolute Gasteiger partial charge is 0.402 e. The van der Waals surface area contributed by atoms with Crippen molar-refractivity contribution in [3.63, 3.8) is 0 Å². The zero-order valence-electron chi connectivity index (χ0n) is 4.93. The number of allylic oxidation sites excluding steroid dienone is 3. The van der Waals surface area contributed by atoms with Gasteiger partial charge in [-0.15, -0.1) is 6.58 Å². The normalized spacial score (nSPS) is 10.8. The molecular formula is C7H11N. The molecule has 0 rings (SSSR count). The fourth-order valence-corrected chi connectivity index (χ4v) is 0.386. The van der Waals surface area contributed by atoms with Crippen LogP contribution in [0.15, 0.2) is 37.1 Å². The molecule has 1 nitrogen and oxygen atoms in total. The Morgan fingerprint density at radius 3 is 2.50 bits per heavy atom. The van der Waals surface area contributed by atoms with Gasteiger partial charge >= 0.3 is 0 Å². The van der Waals surface area contributed by atoms with E-state index in [-0.39, 0.29) is 0 Å². The first-order chi connectivity index (χ1) is 3.81. The van der Waals surface area contributed by atoms with E-state index in [0.717, 1.165) is 12.1 Å². The van der Waals surface area contributed by atoms with Crippen LogP contribution in [-0.2, 0) is 0 Å². The molecule has 0 saturated heterocycles. The zero-order chi connectivity index (χ0) is 6.41. The molecule has 0 bridgehead atoms. The Morgan fingerprint density at radius 1 is 1.50 bits per heavy atom. The number of nitrogens with two attached hydrogens (primary N) is 1. The van der Waals surface area contributed by atoms with Crippen molar-refractivity contribution in [2.45, 2.75) is 6.42 Å². The summed E-state index contributed by atoms with van der Waals surface area (Å²) in [6, 6.07) is 0. The van der Waals surface area contributed by atoms with Gasteiger partial charge in [-0.3, -0.25) is 0 Å². The van der Waals surface area contributed by atoms with Crippen LogP contribution in [-0.4, -0.2) is 0 Å². The maximum absolute atomic E-state index is 5.41. The van der Waals surface area contributed by atoms with E-state index in [4.69, 9.17) is 5.73 Å². The molecule has 0 heterocycles. The second-order valence-corrected chi connectivity index (χ2v) is 1.47. The number of rotatable bonds is 3. The minimum absolute atomic E-state index is 0.742. The van der Waals surface area contributed by atoms with Crippen LogP contribution in [0.4, 0.5) is 0 Å². The molecule has 0 aromatic carbocycles. The van der Waals surface area contributed by atoms with Gasteiger partial charge in [-0.05, 0) is 6.08 Å². The Morgan fingerprint density at radius 2 is 2.12 bits per heavy atom. The monoisotopic (exact) mass is 109 g/mol. The van der Waals surface area contributed by atoms with Crippen LogP contribution in [0.5, 0.6) is 0 Å². The highest BCUT2D eigenvalue weighted by Gasteiger charge is 1.78. The van der Waals surface area contributed by atoms with Gasteiger partial charge in [-0.1, -0.05) is 18.7 Å². The molecule has 0 radical (unpaired) electrons. The molecule has 8 heavy (non-hydrogen) atoms. The minimum atomic E-state index is 0.742. The molecule has 0 aromatic rings. The lowest BCUT2D eigenvalue weighted by molar-refractivity contribution is 1.17. The van der Waals surface area contributed by atoms with E-state index in [1.807, 2.05) is 0 Å². The maximum atomic E-state index is 5.41. The SMILES string of the molecule is C=CC=C(N)CC=C. The van der Waals surface area contributed by atoms with Crippen LogP contribution in [0, 0.1) is 0 Å². The summed E-state index contributed by atoms with van der Waals surface area (Å²) in [6.45, 7) is 7.02. The van der Waals surface area contributed by atoms with Gasteiger partial charge in [0.05, 0.1) is 0 Å². The Kier molecular flexibility index (Phi) is 3.67. The Balaban J connectivity index is 3.60. The quantitative estimate of drug-likeness (QED) is 0.432. The fraction of sp³-hybridized carbons (Fsp3) is 0.143. The molecule has 0 aliphatic heterocycles. The number of hydrogen-bond acceptors (Lipinski definition) is 1. The molecule has 1 heteroatoms. The minimum Gasteiger partial charge on any atom is -0.402 e. The van der Waals surface area contributed by atoms with E-state index in [2.05, 4.69) is 13.2 Å². The second-order valence-electron chi connectivity index (χ2n) is 1.47. The highest BCUT2D eigenvalue weighted by molar-refractivity contribution is 5.08. The summed E-state index contributed by atoms with van der Waals surface area (Å²) in [5.41, 5.74) is 6.21. The third kappa shape index (κ3) is 3.22. The van der Waals surface area contributed by atoms with E-state index < -0.39 is 0 Å². The van der Waals surface area contributed by atoms with E-state index >= 15 is 0 Å². The van der Waals surface area contributed by atoms with Crippen molar-refractivity contribution >= 4 is 0 Å². The lowest BCUT2D eigenvalue weighted by atomic mass is 10.3. The smallest absolute Gasteiger partial charge is 0.0118 e. The summed E-state index contributed by atoms with van der Waals surface area (Å²) >= 11 is 0. The van der Waals surface area contributed by atoms with Crippen molar-refractivity contribution in [2.24, 2.45) is 5.73 Å². The predicted molar refractivity (Wildman–Crippen MR) is 37.3 cm³/mol. The van der Waals surface area contributed by atoms with Gasteiger partial charge in [0.25, 0.3) is 0 Å². The Bertz CT molecular complexity index is 112. The van der Waals surface area contributed by atoms with Crippen LogP contribution >= 0.6 is 0 Å². The summed E-state index contributed by atoms with van der Waals surface area (Å²) in [6.07, 6.45) is 5.93. The number of hydrogen-bond donors (Lipinski definition) is 1. The van der Waals surface area contributed by atoms with Gasteiger partial charge in [0.2, 0.25) is 0 Å². The molecule has 0 amide bonds. The molecule has 0 aliphatic carbocycles. The van der Waals surface area contributed by atoms with Crippen molar-refractivity contribution in [1.82, 2.24) is 0 Å². The summed E-state index contributed by atoms with van der Waals surface area (Å²) in [4.78, 5) is 0. The van der Waals surface area contributed by atoms with E-state index in [9.17, 15) is 0 Å². The summed E-state index contributed by atoms with van der Waals surface area (Å²) in [5.74, 6) is 0. The van der Waals surface area contributed by atoms with Crippen molar-refractivity contribution in [1.29, 1.82) is 0 Å². The van der Waals surface area contributed by atoms with Crippen molar-refractivity contribution in [3.8, 4) is 0 Å². The van der Waals surface area contributed by atoms with Crippen LogP contribution in [0.25, 0.3) is 0 Å². The van der Waals surface area contributed by atoms with Gasteiger partial charge in [-0.2, -0.15) is 0 Å². The topological polar surface area (TPSA) is 26.0 Å². The Hall–Kier alpha value is -0.980. The third-order valence-corrected chi connectivity index (χ3v) is 0.712. The van der Waals surface area contributed by atoms with Crippen molar-refractivity contribution < 1.29 is 0 Å². The standard InChI is InChI=1S/C7H11N/c1-3-5-7(8)6-4-2/h3-5H,1-2,6,8H2. The molecule has 0 atom stereocenters. The maximum Gasteiger partial charge on any atom is 0.0118 e. The summed E-state index contributed by atoms with van der Waals surface area (Å²) in [7, 11) is 0. The molecule has 0 aliphatic rings. The van der Waals surface area contributed by atoms with Gasteiger partial charge in [0.15, 0.2) is 0 Å². The van der Waals surface area contributed by atoms with Gasteiger partial charge in [0.1, 0.15) is 0 Å². The summed E-state index contributed by atoms with van der Waals surface area (Å²) in [5, 5.41) is 0. The first-order valence-corrected chi connectivity index (χ1v) is 2.49. The van der Waals surface area contributed by atoms with Gasteiger partial charge in [-0.25, -0.2) is 0 Å². The van der Waals surface area contributed by atoms with Gasteiger partial charge in [0, 0.05) is 12.1 Å². The lowest BCUT2D eigenvalue weighted by Gasteiger charge is -1.89. The van der Waals surface area contributed by atoms with Crippen molar-refractivity contribution in [3.05, 3.63) is 37.1 Å². The average Bonchev–Trinajstić information content (AvgIpc) is 1.68. The van der Waals surface area contributed by atoms with Gasteiger partial charge < -0.3 is 5.73 Å². The second kappa shape index (κ2) is 4.19. The van der Waals surface area contributed by atoms with Crippen LogP contribution < -0.4 is 5.73 Å². The lowest BCUT2D eigenvalue weighted by Crippen LogP contribution is -1.93. The molecule has 0 saturated carbocycles. The Labute approximate surface area is 50.2 Å². The molecule has 2 N–H and O–H groups in total. The molecule has 0 aromatic heterocycles. The molecule has 0 spiro atoms. The van der Waals surface area contributed by atoms with Crippen LogP contribution in [0.3, 0.4) is 0 Å². The first kappa shape index (κ1) is 7.02. The van der Waals surface area contributed by atoms with E-state index in [0.29, 0.717) is 0 Å². The molecule has 44 valence electrons. The molecular weight excluding hydrogens is 98.1 g/mol. The predicted octanol–water partition coefficient (Wildman–Crippen LogP) is 1.59. The van der Waals surface area contributed by atoms with Crippen LogP contribution in [0.1, 0.15) is 6.42 Å². The van der Waals surface area contributed by atoms with Crippen molar-refractivity contribution in [2.75, 3.05) is 0 Å². The average molecular weight is 109 g/mol. The molecule has 0 unspecified atom stereocenters. The van der Waals surface area contributed by atoms with Crippen LogP contribution in [0.2, 0.25) is 0 Å². The summed E-state index contributed by atoms with van der Waals surface area (Å²) < 4.78 is 0.